The lowest BCUT2D eigenvalue weighted by Gasteiger charge is -2.17. The van der Waals surface area contributed by atoms with Crippen molar-refractivity contribution in [2.24, 2.45) is 0 Å². The molecular formula is C54H37N3. The molecule has 3 nitrogen and oxygen atoms in total. The van der Waals surface area contributed by atoms with Crippen LogP contribution in [0.2, 0.25) is 0 Å². The summed E-state index contributed by atoms with van der Waals surface area (Å²) in [6.45, 7) is 6.21. The molecule has 0 radical (unpaired) electrons. The topological polar surface area (TPSA) is 38.7 Å². The highest BCUT2D eigenvalue weighted by Gasteiger charge is 2.17. The van der Waals surface area contributed by atoms with Gasteiger partial charge in [-0.25, -0.2) is 15.0 Å². The van der Waals surface area contributed by atoms with Crippen molar-refractivity contribution in [1.29, 1.82) is 0 Å². The highest BCUT2D eigenvalue weighted by atomic mass is 14.8. The molecule has 57 heavy (non-hydrogen) atoms. The Morgan fingerprint density at radius 2 is 1.02 bits per heavy atom. The monoisotopic (exact) mass is 727 g/mol. The molecule has 10 aromatic rings. The SMILES string of the molecule is C=C/C=C\c1c(-c2ccc3ccc4ccc(-c5ccccc5)nc4c3n2)ccc(-c2cccc(-c3cc(-c4ccccc4)nc4ccc5ccccc5c34)c2)c1C. The Bertz CT molecular complexity index is 3200. The molecule has 0 N–H and O–H groups in total. The van der Waals surface area contributed by atoms with Crippen LogP contribution in [0.5, 0.6) is 0 Å². The molecule has 0 amide bonds. The van der Waals surface area contributed by atoms with Crippen molar-refractivity contribution in [2.75, 3.05) is 0 Å². The van der Waals surface area contributed by atoms with Crippen molar-refractivity contribution >= 4 is 49.6 Å². The van der Waals surface area contributed by atoms with Gasteiger partial charge in [0, 0.05) is 32.8 Å². The van der Waals surface area contributed by atoms with Gasteiger partial charge in [0.15, 0.2) is 0 Å². The summed E-state index contributed by atoms with van der Waals surface area (Å²) in [7, 11) is 0. The number of pyridine rings is 3. The first kappa shape index (κ1) is 34.0. The molecule has 10 rings (SSSR count). The van der Waals surface area contributed by atoms with E-state index in [1.807, 2.05) is 36.4 Å². The van der Waals surface area contributed by atoms with E-state index in [2.05, 4.69) is 171 Å². The zero-order valence-corrected chi connectivity index (χ0v) is 31.5. The highest BCUT2D eigenvalue weighted by molar-refractivity contribution is 6.14. The van der Waals surface area contributed by atoms with E-state index in [9.17, 15) is 0 Å². The molecule has 7 aromatic carbocycles. The Labute approximate surface area is 332 Å². The standard InChI is InChI=1S/C54H37N3/c1-3-4-21-44-35(2)43(28-29-46(44)49-31-27-40-24-23-39-26-30-48(37-15-7-5-8-16-37)56-53(39)54(40)57-49)41-19-13-20-42(33-41)47-34-51(38-17-9-6-10-18-38)55-50-32-25-36-14-11-12-22-45(36)52(47)50/h3-34H,1H2,2H3/b21-4-. The van der Waals surface area contributed by atoms with Gasteiger partial charge in [-0.1, -0.05) is 170 Å². The molecule has 0 fully saturated rings. The second kappa shape index (κ2) is 14.3. The molecule has 268 valence electrons. The van der Waals surface area contributed by atoms with Crippen molar-refractivity contribution in [1.82, 2.24) is 15.0 Å². The molecule has 3 aromatic heterocycles. The summed E-state index contributed by atoms with van der Waals surface area (Å²) in [5, 5.41) is 5.68. The third-order valence-electron chi connectivity index (χ3n) is 11.0. The van der Waals surface area contributed by atoms with Crippen LogP contribution in [0, 0.1) is 6.92 Å². The van der Waals surface area contributed by atoms with E-state index in [4.69, 9.17) is 15.0 Å². The summed E-state index contributed by atoms with van der Waals surface area (Å²) in [6.07, 6.45) is 5.99. The molecule has 0 unspecified atom stereocenters. The molecule has 3 heterocycles. The molecule has 0 aliphatic rings. The van der Waals surface area contributed by atoms with E-state index in [1.54, 1.807) is 0 Å². The first-order valence-electron chi connectivity index (χ1n) is 19.3. The number of benzene rings is 7. The molecule has 0 aliphatic carbocycles. The number of hydrogen-bond donors (Lipinski definition) is 0. The fourth-order valence-electron chi connectivity index (χ4n) is 8.18. The van der Waals surface area contributed by atoms with E-state index in [-0.39, 0.29) is 0 Å². The van der Waals surface area contributed by atoms with Crippen molar-refractivity contribution in [2.45, 2.75) is 6.92 Å². The van der Waals surface area contributed by atoms with E-state index in [0.717, 1.165) is 94.3 Å². The van der Waals surface area contributed by atoms with Gasteiger partial charge in [0.1, 0.15) is 0 Å². The van der Waals surface area contributed by atoms with E-state index in [0.29, 0.717) is 0 Å². The number of allylic oxidation sites excluding steroid dienone is 2. The summed E-state index contributed by atoms with van der Waals surface area (Å²) in [5.74, 6) is 0. The zero-order valence-electron chi connectivity index (χ0n) is 31.5. The largest absolute Gasteiger partial charge is 0.248 e. The molecule has 3 heteroatoms. The minimum Gasteiger partial charge on any atom is -0.248 e. The Morgan fingerprint density at radius 3 is 1.75 bits per heavy atom. The average molecular weight is 728 g/mol. The fraction of sp³-hybridized carbons (Fsp3) is 0.0185. The van der Waals surface area contributed by atoms with Crippen LogP contribution < -0.4 is 0 Å². The summed E-state index contributed by atoms with van der Waals surface area (Å²) >= 11 is 0. The summed E-state index contributed by atoms with van der Waals surface area (Å²) in [4.78, 5) is 15.7. The van der Waals surface area contributed by atoms with Gasteiger partial charge in [0.05, 0.1) is 33.6 Å². The fourth-order valence-corrected chi connectivity index (χ4v) is 8.18. The third-order valence-corrected chi connectivity index (χ3v) is 11.0. The van der Waals surface area contributed by atoms with Gasteiger partial charge in [-0.15, -0.1) is 0 Å². The first-order valence-corrected chi connectivity index (χ1v) is 19.3. The van der Waals surface area contributed by atoms with Crippen LogP contribution in [-0.4, -0.2) is 15.0 Å². The Kier molecular flexibility index (Phi) is 8.54. The predicted octanol–water partition coefficient (Wildman–Crippen LogP) is 14.3. The molecule has 0 spiro atoms. The number of nitrogens with zero attached hydrogens (tertiary/aromatic N) is 3. The van der Waals surface area contributed by atoms with Crippen LogP contribution in [0.3, 0.4) is 0 Å². The number of aromatic nitrogens is 3. The van der Waals surface area contributed by atoms with E-state index in [1.165, 1.54) is 16.3 Å². The lowest BCUT2D eigenvalue weighted by Crippen LogP contribution is -1.96. The van der Waals surface area contributed by atoms with Crippen LogP contribution in [0.4, 0.5) is 0 Å². The summed E-state index contributed by atoms with van der Waals surface area (Å²) in [5.41, 5.74) is 15.7. The van der Waals surface area contributed by atoms with Gasteiger partial charge in [-0.2, -0.15) is 0 Å². The third kappa shape index (κ3) is 6.16. The first-order chi connectivity index (χ1) is 28.1. The van der Waals surface area contributed by atoms with Gasteiger partial charge in [-0.3, -0.25) is 0 Å². The maximum absolute atomic E-state index is 5.33. The maximum atomic E-state index is 5.33. The highest BCUT2D eigenvalue weighted by Crippen LogP contribution is 2.40. The van der Waals surface area contributed by atoms with Gasteiger partial charge in [-0.05, 0) is 81.4 Å². The lowest BCUT2D eigenvalue weighted by atomic mass is 9.89. The van der Waals surface area contributed by atoms with Gasteiger partial charge < -0.3 is 0 Å². The molecule has 0 saturated carbocycles. The average Bonchev–Trinajstić information content (AvgIpc) is 3.28. The maximum Gasteiger partial charge on any atom is 0.0972 e. The zero-order chi connectivity index (χ0) is 38.3. The lowest BCUT2D eigenvalue weighted by molar-refractivity contribution is 1.35. The van der Waals surface area contributed by atoms with Crippen LogP contribution in [-0.2, 0) is 0 Å². The molecule has 0 saturated heterocycles. The Balaban J connectivity index is 1.12. The van der Waals surface area contributed by atoms with Crippen molar-refractivity contribution < 1.29 is 0 Å². The van der Waals surface area contributed by atoms with Gasteiger partial charge in [0.25, 0.3) is 0 Å². The predicted molar refractivity (Wildman–Crippen MR) is 241 cm³/mol. The second-order valence-corrected chi connectivity index (χ2v) is 14.4. The number of hydrogen-bond acceptors (Lipinski definition) is 3. The Morgan fingerprint density at radius 1 is 0.439 bits per heavy atom. The quantitative estimate of drug-likeness (QED) is 0.121. The van der Waals surface area contributed by atoms with Crippen molar-refractivity contribution in [3.05, 3.63) is 206 Å². The second-order valence-electron chi connectivity index (χ2n) is 14.4. The summed E-state index contributed by atoms with van der Waals surface area (Å²) in [6, 6.07) is 62.1. The molecule has 0 aliphatic heterocycles. The number of fused-ring (bicyclic) bond motifs is 6. The molecule has 0 bridgehead atoms. The minimum atomic E-state index is 0.892. The normalized spacial score (nSPS) is 11.6. The van der Waals surface area contributed by atoms with Crippen LogP contribution in [0.25, 0.3) is 106 Å². The minimum absolute atomic E-state index is 0.892. The summed E-state index contributed by atoms with van der Waals surface area (Å²) < 4.78 is 0. The Hall–Kier alpha value is -7.49. The van der Waals surface area contributed by atoms with Crippen LogP contribution in [0.1, 0.15) is 11.1 Å². The smallest absolute Gasteiger partial charge is 0.0972 e. The molecular weight excluding hydrogens is 691 g/mol. The van der Waals surface area contributed by atoms with Crippen molar-refractivity contribution in [3.8, 4) is 56.0 Å². The van der Waals surface area contributed by atoms with E-state index < -0.39 is 0 Å². The number of rotatable bonds is 7. The van der Waals surface area contributed by atoms with Crippen LogP contribution >= 0.6 is 0 Å². The van der Waals surface area contributed by atoms with E-state index >= 15 is 0 Å². The molecule has 0 atom stereocenters. The van der Waals surface area contributed by atoms with Crippen LogP contribution in [0.15, 0.2) is 195 Å². The van der Waals surface area contributed by atoms with Gasteiger partial charge >= 0.3 is 0 Å². The van der Waals surface area contributed by atoms with Gasteiger partial charge in [0.2, 0.25) is 0 Å². The van der Waals surface area contributed by atoms with Crippen molar-refractivity contribution in [3.63, 3.8) is 0 Å².